The van der Waals surface area contributed by atoms with E-state index in [1.807, 2.05) is 16.5 Å². The number of fused-ring (bicyclic) bond motifs is 1. The number of nitrogens with zero attached hydrogens (tertiary/aromatic N) is 3. The molecule has 4 rings (SSSR count). The fraction of sp³-hybridized carbons (Fsp3) is 0.0909. The van der Waals surface area contributed by atoms with Crippen molar-refractivity contribution >= 4 is 41.1 Å². The first-order chi connectivity index (χ1) is 16.6. The van der Waals surface area contributed by atoms with Gasteiger partial charge in [0, 0.05) is 29.2 Å². The zero-order chi connectivity index (χ0) is 25.6. The molecule has 35 heavy (non-hydrogen) atoms. The molecule has 5 N–H and O–H groups in total. The molecule has 182 valence electrons. The van der Waals surface area contributed by atoms with Crippen LogP contribution in [0.15, 0.2) is 61.1 Å². The van der Waals surface area contributed by atoms with E-state index in [-0.39, 0.29) is 6.47 Å². The number of rotatable bonds is 4. The molecule has 0 bridgehead atoms. The number of nitrogens with two attached hydrogens (primary N) is 1. The van der Waals surface area contributed by atoms with Crippen molar-refractivity contribution in [1.29, 1.82) is 0 Å². The highest BCUT2D eigenvalue weighted by molar-refractivity contribution is 6.30. The number of carbonyl (C=O) groups excluding carboxylic acids is 1. The standard InChI is InChI=1S/C21H16ClF3N6O.CH2O2/c22-14-8-16(26)19(28-9-14)13-4-5-31-17(10-27-18(31)7-13)12-2-1-3-15(6-12)30-20(32)29-11-21(23,24)25;2-1-3/h1-10H,11,26H2,(H2,29,30,32);1H,(H,2,3). The Morgan fingerprint density at radius 3 is 2.57 bits per heavy atom. The summed E-state index contributed by atoms with van der Waals surface area (Å²) in [4.78, 5) is 28.8. The number of urea groups is 1. The maximum Gasteiger partial charge on any atom is 0.405 e. The van der Waals surface area contributed by atoms with E-state index in [0.717, 1.165) is 11.3 Å². The molecule has 0 spiro atoms. The smallest absolute Gasteiger partial charge is 0.405 e. The topological polar surface area (TPSA) is 135 Å². The Kier molecular flexibility index (Phi) is 7.76. The molecule has 1 aromatic carbocycles. The van der Waals surface area contributed by atoms with Gasteiger partial charge in [0.2, 0.25) is 0 Å². The molecular weight excluding hydrogens is 489 g/mol. The van der Waals surface area contributed by atoms with Gasteiger partial charge in [0.05, 0.1) is 28.3 Å². The molecule has 0 aliphatic heterocycles. The molecule has 9 nitrogen and oxygen atoms in total. The third-order valence-electron chi connectivity index (χ3n) is 4.54. The molecule has 4 aromatic rings. The second kappa shape index (κ2) is 10.7. The average molecular weight is 507 g/mol. The van der Waals surface area contributed by atoms with Gasteiger partial charge in [0.25, 0.3) is 6.47 Å². The summed E-state index contributed by atoms with van der Waals surface area (Å²) in [7, 11) is 0. The third-order valence-corrected chi connectivity index (χ3v) is 4.74. The molecule has 0 saturated heterocycles. The summed E-state index contributed by atoms with van der Waals surface area (Å²) in [6.07, 6.45) is 0.484. The van der Waals surface area contributed by atoms with Gasteiger partial charge in [-0.25, -0.2) is 9.78 Å². The maximum absolute atomic E-state index is 12.3. The van der Waals surface area contributed by atoms with Crippen LogP contribution in [0.25, 0.3) is 28.2 Å². The van der Waals surface area contributed by atoms with Gasteiger partial charge in [-0.05, 0) is 30.3 Å². The molecule has 2 amide bonds. The lowest BCUT2D eigenvalue weighted by atomic mass is 10.1. The van der Waals surface area contributed by atoms with Gasteiger partial charge in [-0.1, -0.05) is 23.7 Å². The fourth-order valence-corrected chi connectivity index (χ4v) is 3.32. The Bertz CT molecular complexity index is 1360. The monoisotopic (exact) mass is 506 g/mol. The van der Waals surface area contributed by atoms with Crippen molar-refractivity contribution in [1.82, 2.24) is 19.7 Å². The number of carbonyl (C=O) groups is 2. The van der Waals surface area contributed by atoms with Crippen LogP contribution in [-0.2, 0) is 4.79 Å². The lowest BCUT2D eigenvalue weighted by Gasteiger charge is -2.11. The van der Waals surface area contributed by atoms with Crippen molar-refractivity contribution in [2.45, 2.75) is 6.18 Å². The van der Waals surface area contributed by atoms with Crippen LogP contribution in [0.3, 0.4) is 0 Å². The zero-order valence-electron chi connectivity index (χ0n) is 17.8. The summed E-state index contributed by atoms with van der Waals surface area (Å²) < 4.78 is 38.6. The minimum Gasteiger partial charge on any atom is -0.483 e. The normalized spacial score (nSPS) is 10.9. The van der Waals surface area contributed by atoms with E-state index in [1.54, 1.807) is 48.0 Å². The summed E-state index contributed by atoms with van der Waals surface area (Å²) in [6.45, 7) is -1.67. The minimum atomic E-state index is -4.49. The van der Waals surface area contributed by atoms with Crippen molar-refractivity contribution in [3.05, 3.63) is 66.1 Å². The van der Waals surface area contributed by atoms with Crippen LogP contribution < -0.4 is 16.4 Å². The lowest BCUT2D eigenvalue weighted by Crippen LogP contribution is -2.36. The van der Waals surface area contributed by atoms with Gasteiger partial charge in [-0.3, -0.25) is 14.2 Å². The number of imidazole rings is 1. The van der Waals surface area contributed by atoms with Gasteiger partial charge >= 0.3 is 12.2 Å². The number of alkyl halides is 3. The van der Waals surface area contributed by atoms with Gasteiger partial charge in [-0.15, -0.1) is 0 Å². The van der Waals surface area contributed by atoms with Crippen LogP contribution in [0.1, 0.15) is 0 Å². The average Bonchev–Trinajstić information content (AvgIpc) is 3.21. The highest BCUT2D eigenvalue weighted by Gasteiger charge is 2.27. The zero-order valence-corrected chi connectivity index (χ0v) is 18.5. The lowest BCUT2D eigenvalue weighted by molar-refractivity contribution is -0.123. The van der Waals surface area contributed by atoms with Crippen LogP contribution in [0.2, 0.25) is 5.02 Å². The molecule has 0 unspecified atom stereocenters. The first-order valence-electron chi connectivity index (χ1n) is 9.79. The number of aromatic nitrogens is 3. The van der Waals surface area contributed by atoms with Crippen LogP contribution in [-0.4, -0.2) is 44.7 Å². The van der Waals surface area contributed by atoms with E-state index < -0.39 is 18.8 Å². The highest BCUT2D eigenvalue weighted by atomic mass is 35.5. The Morgan fingerprint density at radius 1 is 1.14 bits per heavy atom. The van der Waals surface area contributed by atoms with Gasteiger partial charge < -0.3 is 21.5 Å². The van der Waals surface area contributed by atoms with E-state index in [1.165, 1.54) is 6.20 Å². The van der Waals surface area contributed by atoms with Crippen molar-refractivity contribution in [3.63, 3.8) is 0 Å². The number of halogens is 4. The summed E-state index contributed by atoms with van der Waals surface area (Å²) in [5.74, 6) is 0. The van der Waals surface area contributed by atoms with Gasteiger partial charge in [-0.2, -0.15) is 13.2 Å². The van der Waals surface area contributed by atoms with E-state index in [9.17, 15) is 18.0 Å². The third kappa shape index (κ3) is 6.60. The Labute approximate surface area is 201 Å². The Morgan fingerprint density at radius 2 is 1.89 bits per heavy atom. The van der Waals surface area contributed by atoms with E-state index in [4.69, 9.17) is 27.2 Å². The predicted octanol–water partition coefficient (Wildman–Crippen LogP) is 4.68. The molecule has 0 saturated carbocycles. The number of nitrogen functional groups attached to an aromatic ring is 1. The molecule has 13 heteroatoms. The molecule has 0 radical (unpaired) electrons. The molecule has 3 heterocycles. The number of benzene rings is 1. The van der Waals surface area contributed by atoms with Crippen molar-refractivity contribution < 1.29 is 27.9 Å². The van der Waals surface area contributed by atoms with Crippen molar-refractivity contribution in [2.24, 2.45) is 0 Å². The van der Waals surface area contributed by atoms with Crippen molar-refractivity contribution in [2.75, 3.05) is 17.6 Å². The predicted molar refractivity (Wildman–Crippen MR) is 125 cm³/mol. The number of carboxylic acid groups (broad SMARTS) is 1. The van der Waals surface area contributed by atoms with Crippen LogP contribution in [0.4, 0.5) is 29.3 Å². The first-order valence-corrected chi connectivity index (χ1v) is 10.2. The summed E-state index contributed by atoms with van der Waals surface area (Å²) in [5, 5.41) is 11.5. The summed E-state index contributed by atoms with van der Waals surface area (Å²) >= 11 is 5.91. The number of amides is 2. The largest absolute Gasteiger partial charge is 0.483 e. The van der Waals surface area contributed by atoms with Crippen LogP contribution >= 0.6 is 11.6 Å². The number of hydrogen-bond acceptors (Lipinski definition) is 5. The molecule has 0 aliphatic rings. The number of hydrogen-bond donors (Lipinski definition) is 4. The van der Waals surface area contributed by atoms with Gasteiger partial charge in [0.1, 0.15) is 12.2 Å². The number of pyridine rings is 2. The van der Waals surface area contributed by atoms with Crippen LogP contribution in [0.5, 0.6) is 0 Å². The van der Waals surface area contributed by atoms with Crippen LogP contribution in [0, 0.1) is 0 Å². The number of nitrogens with one attached hydrogen (secondary N) is 2. The van der Waals surface area contributed by atoms with Crippen molar-refractivity contribution in [3.8, 4) is 22.5 Å². The van der Waals surface area contributed by atoms with Gasteiger partial charge in [0.15, 0.2) is 0 Å². The molecule has 0 fully saturated rings. The Hall–Kier alpha value is -4.32. The maximum atomic E-state index is 12.3. The summed E-state index contributed by atoms with van der Waals surface area (Å²) in [5.41, 5.74) is 10.2. The second-order valence-electron chi connectivity index (χ2n) is 6.99. The quantitative estimate of drug-likeness (QED) is 0.297. The molecule has 0 atom stereocenters. The van der Waals surface area contributed by atoms with E-state index >= 15 is 0 Å². The minimum absolute atomic E-state index is 0.250. The Balaban J connectivity index is 0.00000108. The highest BCUT2D eigenvalue weighted by Crippen LogP contribution is 2.29. The number of anilines is 2. The summed E-state index contributed by atoms with van der Waals surface area (Å²) in [6, 6.07) is 11.0. The fourth-order valence-electron chi connectivity index (χ4n) is 3.15. The molecule has 0 aliphatic carbocycles. The second-order valence-corrected chi connectivity index (χ2v) is 7.42. The van der Waals surface area contributed by atoms with E-state index in [0.29, 0.717) is 33.3 Å². The van der Waals surface area contributed by atoms with E-state index in [2.05, 4.69) is 15.3 Å². The molecule has 3 aromatic heterocycles. The molecular formula is C22H18ClF3N6O3. The first kappa shape index (κ1) is 25.3. The SMILES string of the molecule is Nc1cc(Cl)cnc1-c1ccn2c(-c3cccc(NC(=O)NCC(F)(F)F)c3)cnc2c1.O=CO.